The molecule has 0 aliphatic heterocycles. The minimum Gasteiger partial charge on any atom is -0.435 e. The van der Waals surface area contributed by atoms with Gasteiger partial charge in [0.1, 0.15) is 17.8 Å². The molecule has 0 fully saturated rings. The first-order chi connectivity index (χ1) is 7.27. The number of hydrogen-bond donors (Lipinski definition) is 2. The molecule has 2 aromatic heterocycles. The van der Waals surface area contributed by atoms with Crippen LogP contribution in [0.2, 0.25) is 0 Å². The lowest BCUT2D eigenvalue weighted by molar-refractivity contribution is 0.462. The van der Waals surface area contributed by atoms with Crippen molar-refractivity contribution >= 4 is 11.5 Å². The largest absolute Gasteiger partial charge is 0.435 e. The van der Waals surface area contributed by atoms with Crippen molar-refractivity contribution in [1.29, 1.82) is 0 Å². The zero-order chi connectivity index (χ0) is 10.7. The number of nitrogens with zero attached hydrogens (tertiary/aromatic N) is 3. The Balaban J connectivity index is 2.29. The summed E-state index contributed by atoms with van der Waals surface area (Å²) in [5.41, 5.74) is 11.4. The molecule has 76 valence electrons. The standard InChI is InChI=1S/C9H9N5O/c10-7-8(11)13-5-14-9(7)15-6-2-1-3-12-4-6/h1-5H,10H2,(H2,11,13,14). The van der Waals surface area contributed by atoms with Gasteiger partial charge in [0, 0.05) is 6.20 Å². The number of nitrogen functional groups attached to an aromatic ring is 2. The van der Waals surface area contributed by atoms with Crippen LogP contribution in [-0.2, 0) is 0 Å². The summed E-state index contributed by atoms with van der Waals surface area (Å²) in [6, 6.07) is 3.49. The molecule has 0 radical (unpaired) electrons. The summed E-state index contributed by atoms with van der Waals surface area (Å²) >= 11 is 0. The fourth-order valence-electron chi connectivity index (χ4n) is 0.993. The normalized spacial score (nSPS) is 9.87. The Bertz CT molecular complexity index is 459. The number of hydrogen-bond acceptors (Lipinski definition) is 6. The van der Waals surface area contributed by atoms with E-state index >= 15 is 0 Å². The second-order valence-corrected chi connectivity index (χ2v) is 2.77. The van der Waals surface area contributed by atoms with Crippen LogP contribution >= 0.6 is 0 Å². The van der Waals surface area contributed by atoms with Crippen LogP contribution in [0.3, 0.4) is 0 Å². The zero-order valence-electron chi connectivity index (χ0n) is 7.79. The molecule has 2 aromatic rings. The number of nitrogens with two attached hydrogens (primary N) is 2. The van der Waals surface area contributed by atoms with E-state index in [1.165, 1.54) is 6.33 Å². The van der Waals surface area contributed by atoms with Crippen LogP contribution in [0.5, 0.6) is 11.6 Å². The highest BCUT2D eigenvalue weighted by Gasteiger charge is 2.07. The van der Waals surface area contributed by atoms with Crippen LogP contribution in [0, 0.1) is 0 Å². The molecule has 0 aliphatic rings. The first kappa shape index (κ1) is 9.20. The summed E-state index contributed by atoms with van der Waals surface area (Å²) in [5.74, 6) is 0.974. The van der Waals surface area contributed by atoms with Gasteiger partial charge in [0.15, 0.2) is 5.82 Å². The monoisotopic (exact) mass is 203 g/mol. The summed E-state index contributed by atoms with van der Waals surface area (Å²) in [5, 5.41) is 0. The minimum atomic E-state index is 0.198. The van der Waals surface area contributed by atoms with E-state index in [1.807, 2.05) is 0 Å². The Morgan fingerprint density at radius 1 is 1.20 bits per heavy atom. The quantitative estimate of drug-likeness (QED) is 0.749. The van der Waals surface area contributed by atoms with Crippen molar-refractivity contribution in [1.82, 2.24) is 15.0 Å². The molecule has 0 saturated carbocycles. The summed E-state index contributed by atoms with van der Waals surface area (Å²) in [6.45, 7) is 0. The van der Waals surface area contributed by atoms with Gasteiger partial charge in [0.25, 0.3) is 0 Å². The van der Waals surface area contributed by atoms with Crippen LogP contribution in [0.4, 0.5) is 11.5 Å². The average molecular weight is 203 g/mol. The van der Waals surface area contributed by atoms with Gasteiger partial charge in [-0.15, -0.1) is 0 Å². The molecule has 0 amide bonds. The van der Waals surface area contributed by atoms with Gasteiger partial charge in [-0.1, -0.05) is 0 Å². The van der Waals surface area contributed by atoms with Gasteiger partial charge >= 0.3 is 0 Å². The number of pyridine rings is 1. The van der Waals surface area contributed by atoms with Gasteiger partial charge in [0.2, 0.25) is 5.88 Å². The van der Waals surface area contributed by atoms with E-state index in [2.05, 4.69) is 15.0 Å². The Kier molecular flexibility index (Phi) is 2.32. The summed E-state index contributed by atoms with van der Waals surface area (Å²) in [7, 11) is 0. The molecule has 0 spiro atoms. The van der Waals surface area contributed by atoms with Crippen LogP contribution in [0.15, 0.2) is 30.9 Å². The van der Waals surface area contributed by atoms with Gasteiger partial charge in [0.05, 0.1) is 6.20 Å². The lowest BCUT2D eigenvalue weighted by Crippen LogP contribution is -2.02. The van der Waals surface area contributed by atoms with E-state index in [9.17, 15) is 0 Å². The SMILES string of the molecule is Nc1ncnc(Oc2cccnc2)c1N. The maximum atomic E-state index is 5.64. The van der Waals surface area contributed by atoms with Crippen molar-refractivity contribution in [2.75, 3.05) is 11.5 Å². The van der Waals surface area contributed by atoms with E-state index < -0.39 is 0 Å². The highest BCUT2D eigenvalue weighted by atomic mass is 16.5. The molecule has 4 N–H and O–H groups in total. The van der Waals surface area contributed by atoms with E-state index in [-0.39, 0.29) is 17.4 Å². The first-order valence-electron chi connectivity index (χ1n) is 4.21. The molecule has 6 heteroatoms. The Labute approximate surface area is 85.9 Å². The fraction of sp³-hybridized carbons (Fsp3) is 0. The lowest BCUT2D eigenvalue weighted by atomic mass is 10.4. The Morgan fingerprint density at radius 2 is 2.07 bits per heavy atom. The second kappa shape index (κ2) is 3.79. The number of anilines is 2. The number of ether oxygens (including phenoxy) is 1. The minimum absolute atomic E-state index is 0.198. The molecule has 0 bridgehead atoms. The summed E-state index contributed by atoms with van der Waals surface area (Å²) < 4.78 is 5.37. The van der Waals surface area contributed by atoms with Gasteiger partial charge in [-0.3, -0.25) is 4.98 Å². The topological polar surface area (TPSA) is 99.9 Å². The van der Waals surface area contributed by atoms with Gasteiger partial charge in [-0.05, 0) is 12.1 Å². The number of aromatic nitrogens is 3. The highest BCUT2D eigenvalue weighted by molar-refractivity contribution is 5.64. The average Bonchev–Trinajstić information content (AvgIpc) is 2.26. The predicted octanol–water partition coefficient (Wildman–Crippen LogP) is 0.828. The first-order valence-corrected chi connectivity index (χ1v) is 4.21. The Hall–Kier alpha value is -2.37. The van der Waals surface area contributed by atoms with Crippen molar-refractivity contribution < 1.29 is 4.74 Å². The van der Waals surface area contributed by atoms with E-state index in [1.54, 1.807) is 24.5 Å². The van der Waals surface area contributed by atoms with Crippen LogP contribution < -0.4 is 16.2 Å². The maximum absolute atomic E-state index is 5.64. The lowest BCUT2D eigenvalue weighted by Gasteiger charge is -2.06. The zero-order valence-corrected chi connectivity index (χ0v) is 7.79. The van der Waals surface area contributed by atoms with Crippen molar-refractivity contribution in [2.24, 2.45) is 0 Å². The van der Waals surface area contributed by atoms with Crippen molar-refractivity contribution in [3.8, 4) is 11.6 Å². The van der Waals surface area contributed by atoms with Crippen LogP contribution in [-0.4, -0.2) is 15.0 Å². The van der Waals surface area contributed by atoms with Gasteiger partial charge < -0.3 is 16.2 Å². The van der Waals surface area contributed by atoms with Crippen molar-refractivity contribution in [2.45, 2.75) is 0 Å². The second-order valence-electron chi connectivity index (χ2n) is 2.77. The molecule has 2 rings (SSSR count). The molecule has 15 heavy (non-hydrogen) atoms. The van der Waals surface area contributed by atoms with Crippen LogP contribution in [0.25, 0.3) is 0 Å². The van der Waals surface area contributed by atoms with E-state index in [0.717, 1.165) is 0 Å². The smallest absolute Gasteiger partial charge is 0.248 e. The summed E-state index contributed by atoms with van der Waals surface area (Å²) in [4.78, 5) is 11.5. The molecule has 0 unspecified atom stereocenters. The molecule has 2 heterocycles. The third kappa shape index (κ3) is 1.93. The predicted molar refractivity (Wildman–Crippen MR) is 55.2 cm³/mol. The summed E-state index contributed by atoms with van der Waals surface area (Å²) in [6.07, 6.45) is 4.49. The van der Waals surface area contributed by atoms with Gasteiger partial charge in [-0.25, -0.2) is 4.98 Å². The molecular weight excluding hydrogens is 194 g/mol. The van der Waals surface area contributed by atoms with Crippen molar-refractivity contribution in [3.63, 3.8) is 0 Å². The highest BCUT2D eigenvalue weighted by Crippen LogP contribution is 2.26. The number of rotatable bonds is 2. The molecular formula is C9H9N5O. The third-order valence-corrected chi connectivity index (χ3v) is 1.73. The fourth-order valence-corrected chi connectivity index (χ4v) is 0.993. The molecule has 6 nitrogen and oxygen atoms in total. The molecule has 0 aliphatic carbocycles. The van der Waals surface area contributed by atoms with E-state index in [0.29, 0.717) is 5.75 Å². The third-order valence-electron chi connectivity index (χ3n) is 1.73. The van der Waals surface area contributed by atoms with Crippen LogP contribution in [0.1, 0.15) is 0 Å². The molecule has 0 aromatic carbocycles. The van der Waals surface area contributed by atoms with Gasteiger partial charge in [-0.2, -0.15) is 4.98 Å². The Morgan fingerprint density at radius 3 is 2.80 bits per heavy atom. The molecule has 0 atom stereocenters. The van der Waals surface area contributed by atoms with Crippen molar-refractivity contribution in [3.05, 3.63) is 30.9 Å². The van der Waals surface area contributed by atoms with E-state index in [4.69, 9.17) is 16.2 Å². The maximum Gasteiger partial charge on any atom is 0.248 e. The molecule has 0 saturated heterocycles.